The number of nitrogens with zero attached hydrogens (tertiary/aromatic N) is 1. The molecule has 1 fully saturated rings. The molecular weight excluding hydrogens is 364 g/mol. The average molecular weight is 377 g/mol. The van der Waals surface area contributed by atoms with Gasteiger partial charge in [-0.1, -0.05) is 11.6 Å². The maximum absolute atomic E-state index is 12.6. The number of carbonyl (C=O) groups excluding carboxylic acids is 3. The van der Waals surface area contributed by atoms with Crippen LogP contribution >= 0.6 is 11.6 Å². The number of phenolic OH excluding ortho intramolecular Hbond substituents is 1. The Morgan fingerprint density at radius 2 is 2.12 bits per heavy atom. The number of rotatable bonds is 4. The molecule has 2 aromatic rings. The van der Waals surface area contributed by atoms with Crippen molar-refractivity contribution >= 4 is 35.5 Å². The Labute approximate surface area is 152 Å². The van der Waals surface area contributed by atoms with E-state index in [4.69, 9.17) is 20.8 Å². The highest BCUT2D eigenvalue weighted by Crippen LogP contribution is 2.35. The van der Waals surface area contributed by atoms with Crippen molar-refractivity contribution in [2.75, 3.05) is 7.11 Å². The van der Waals surface area contributed by atoms with Gasteiger partial charge in [-0.05, 0) is 35.9 Å². The second-order valence-corrected chi connectivity index (χ2v) is 5.75. The van der Waals surface area contributed by atoms with E-state index in [1.807, 2.05) is 0 Å². The van der Waals surface area contributed by atoms with E-state index in [0.717, 1.165) is 4.90 Å². The summed E-state index contributed by atoms with van der Waals surface area (Å²) in [7, 11) is 1.34. The van der Waals surface area contributed by atoms with E-state index in [2.05, 4.69) is 5.32 Å². The van der Waals surface area contributed by atoms with E-state index in [1.165, 1.54) is 31.6 Å². The number of ether oxygens (including phenoxy) is 1. The molecule has 4 amide bonds. The lowest BCUT2D eigenvalue weighted by Crippen LogP contribution is -2.53. The lowest BCUT2D eigenvalue weighted by atomic mass is 10.1. The highest BCUT2D eigenvalue weighted by Gasteiger charge is 2.36. The molecule has 3 rings (SSSR count). The molecule has 9 heteroatoms. The molecule has 0 unspecified atom stereocenters. The second-order valence-electron chi connectivity index (χ2n) is 5.34. The van der Waals surface area contributed by atoms with Gasteiger partial charge in [0.2, 0.25) is 0 Å². The van der Waals surface area contributed by atoms with Crippen molar-refractivity contribution < 1.29 is 28.6 Å². The van der Waals surface area contributed by atoms with Crippen molar-refractivity contribution in [2.24, 2.45) is 0 Å². The first-order valence-corrected chi connectivity index (χ1v) is 7.76. The van der Waals surface area contributed by atoms with Crippen LogP contribution < -0.4 is 10.1 Å². The highest BCUT2D eigenvalue weighted by molar-refractivity contribution is 6.33. The summed E-state index contributed by atoms with van der Waals surface area (Å²) in [5, 5.41) is 11.9. The third kappa shape index (κ3) is 3.27. The number of imide groups is 2. The monoisotopic (exact) mass is 376 g/mol. The zero-order chi connectivity index (χ0) is 18.8. The normalized spacial score (nSPS) is 16.2. The second kappa shape index (κ2) is 6.93. The Balaban J connectivity index is 1.96. The number of benzene rings is 1. The summed E-state index contributed by atoms with van der Waals surface area (Å²) in [6.45, 7) is -0.123. The Bertz CT molecular complexity index is 920. The van der Waals surface area contributed by atoms with Crippen LogP contribution in [0, 0.1) is 0 Å². The first-order chi connectivity index (χ1) is 12.4. The number of hydrogen-bond donors (Lipinski definition) is 2. The first-order valence-electron chi connectivity index (χ1n) is 7.38. The Morgan fingerprint density at radius 3 is 2.77 bits per heavy atom. The maximum atomic E-state index is 12.6. The van der Waals surface area contributed by atoms with E-state index < -0.39 is 17.8 Å². The maximum Gasteiger partial charge on any atom is 0.331 e. The minimum absolute atomic E-state index is 0.0108. The fourth-order valence-corrected chi connectivity index (χ4v) is 2.61. The summed E-state index contributed by atoms with van der Waals surface area (Å²) >= 11 is 5.91. The van der Waals surface area contributed by atoms with E-state index in [9.17, 15) is 19.5 Å². The number of methoxy groups -OCH3 is 1. The van der Waals surface area contributed by atoms with E-state index in [0.29, 0.717) is 11.3 Å². The lowest BCUT2D eigenvalue weighted by Gasteiger charge is -2.25. The number of phenols is 1. The lowest BCUT2D eigenvalue weighted by molar-refractivity contribution is -0.130. The molecule has 1 aromatic heterocycles. The quantitative estimate of drug-likeness (QED) is 0.626. The van der Waals surface area contributed by atoms with Gasteiger partial charge in [0.15, 0.2) is 11.5 Å². The van der Waals surface area contributed by atoms with E-state index in [-0.39, 0.29) is 28.6 Å². The molecule has 1 aromatic carbocycles. The van der Waals surface area contributed by atoms with Crippen LogP contribution in [-0.4, -0.2) is 35.0 Å². The summed E-state index contributed by atoms with van der Waals surface area (Å²) in [5.74, 6) is -1.41. The number of aromatic hydroxyl groups is 1. The van der Waals surface area contributed by atoms with E-state index in [1.54, 1.807) is 12.1 Å². The van der Waals surface area contributed by atoms with Gasteiger partial charge in [-0.3, -0.25) is 19.8 Å². The fraction of sp³-hybridized carbons (Fsp3) is 0.118. The standard InChI is InChI=1S/C17H13ClN2O6/c1-25-13-7-9(6-12(18)14(13)21)5-11-15(22)19-17(24)20(16(11)23)8-10-3-2-4-26-10/h2-7,21H,8H2,1H3,(H,19,22,24). The molecule has 0 atom stereocenters. The number of nitrogens with one attached hydrogen (secondary N) is 1. The molecular formula is C17H13ClN2O6. The van der Waals surface area contributed by atoms with Crippen LogP contribution in [0.3, 0.4) is 0 Å². The molecule has 0 bridgehead atoms. The van der Waals surface area contributed by atoms with Crippen LogP contribution in [0.5, 0.6) is 11.5 Å². The van der Waals surface area contributed by atoms with Gasteiger partial charge < -0.3 is 14.3 Å². The average Bonchev–Trinajstić information content (AvgIpc) is 3.11. The zero-order valence-corrected chi connectivity index (χ0v) is 14.2. The van der Waals surface area contributed by atoms with Crippen molar-refractivity contribution in [2.45, 2.75) is 6.54 Å². The van der Waals surface area contributed by atoms with Gasteiger partial charge in [0.25, 0.3) is 11.8 Å². The Morgan fingerprint density at radius 1 is 1.35 bits per heavy atom. The van der Waals surface area contributed by atoms with E-state index >= 15 is 0 Å². The number of carbonyl (C=O) groups is 3. The number of furan rings is 1. The van der Waals surface area contributed by atoms with Crippen molar-refractivity contribution in [1.82, 2.24) is 10.2 Å². The summed E-state index contributed by atoms with van der Waals surface area (Å²) in [6.07, 6.45) is 2.67. The molecule has 1 aliphatic heterocycles. The van der Waals surface area contributed by atoms with Crippen molar-refractivity contribution in [3.63, 3.8) is 0 Å². The van der Waals surface area contributed by atoms with Gasteiger partial charge in [0.05, 0.1) is 24.9 Å². The van der Waals surface area contributed by atoms with Gasteiger partial charge >= 0.3 is 6.03 Å². The Hall–Kier alpha value is -3.26. The molecule has 0 aliphatic carbocycles. The SMILES string of the molecule is COc1cc(C=C2C(=O)NC(=O)N(Cc3ccco3)C2=O)cc(Cl)c1O. The van der Waals surface area contributed by atoms with Gasteiger partial charge in [0, 0.05) is 0 Å². The third-order valence-electron chi connectivity index (χ3n) is 3.66. The molecule has 0 saturated carbocycles. The molecule has 0 spiro atoms. The topological polar surface area (TPSA) is 109 Å². The van der Waals surface area contributed by atoms with Gasteiger partial charge in [-0.2, -0.15) is 0 Å². The molecule has 134 valence electrons. The predicted octanol–water partition coefficient (Wildman–Crippen LogP) is 2.31. The van der Waals surface area contributed by atoms with Crippen molar-refractivity contribution in [3.05, 3.63) is 52.4 Å². The van der Waals surface area contributed by atoms with Crippen LogP contribution in [0.15, 0.2) is 40.5 Å². The molecule has 2 heterocycles. The Kier molecular flexibility index (Phi) is 4.68. The minimum atomic E-state index is -0.838. The van der Waals surface area contributed by atoms with Crippen LogP contribution in [-0.2, 0) is 16.1 Å². The number of urea groups is 1. The minimum Gasteiger partial charge on any atom is -0.503 e. The molecule has 2 N–H and O–H groups in total. The van der Waals surface area contributed by atoms with Crippen LogP contribution in [0.25, 0.3) is 6.08 Å². The predicted molar refractivity (Wildman–Crippen MR) is 90.4 cm³/mol. The van der Waals surface area contributed by atoms with Crippen LogP contribution in [0.2, 0.25) is 5.02 Å². The van der Waals surface area contributed by atoms with Crippen LogP contribution in [0.1, 0.15) is 11.3 Å². The molecule has 26 heavy (non-hydrogen) atoms. The van der Waals surface area contributed by atoms with Gasteiger partial charge in [-0.25, -0.2) is 4.79 Å². The first kappa shape index (κ1) is 17.6. The summed E-state index contributed by atoms with van der Waals surface area (Å²) < 4.78 is 10.1. The molecule has 8 nitrogen and oxygen atoms in total. The smallest absolute Gasteiger partial charge is 0.331 e. The van der Waals surface area contributed by atoms with Gasteiger partial charge in [0.1, 0.15) is 11.3 Å². The number of barbiturate groups is 1. The third-order valence-corrected chi connectivity index (χ3v) is 3.95. The summed E-state index contributed by atoms with van der Waals surface area (Å²) in [4.78, 5) is 37.5. The van der Waals surface area contributed by atoms with Crippen molar-refractivity contribution in [3.8, 4) is 11.5 Å². The number of hydrogen-bond acceptors (Lipinski definition) is 6. The summed E-state index contributed by atoms with van der Waals surface area (Å²) in [5.41, 5.74) is 0.0791. The number of amides is 4. The zero-order valence-electron chi connectivity index (χ0n) is 13.5. The van der Waals surface area contributed by atoms with Crippen molar-refractivity contribution in [1.29, 1.82) is 0 Å². The van der Waals surface area contributed by atoms with Crippen LogP contribution in [0.4, 0.5) is 4.79 Å². The number of halogens is 1. The fourth-order valence-electron chi connectivity index (χ4n) is 2.40. The molecule has 0 radical (unpaired) electrons. The highest BCUT2D eigenvalue weighted by atomic mass is 35.5. The largest absolute Gasteiger partial charge is 0.503 e. The molecule has 1 aliphatic rings. The van der Waals surface area contributed by atoms with Gasteiger partial charge in [-0.15, -0.1) is 0 Å². The molecule has 1 saturated heterocycles. The summed E-state index contributed by atoms with van der Waals surface area (Å²) in [6, 6.07) is 5.15.